The average Bonchev–Trinajstić information content (AvgIpc) is 2.78. The topological polar surface area (TPSA) is 50.8 Å². The molecule has 1 N–H and O–H groups in total. The van der Waals surface area contributed by atoms with Crippen molar-refractivity contribution >= 4 is 5.91 Å². The summed E-state index contributed by atoms with van der Waals surface area (Å²) < 4.78 is 33.4. The molecule has 1 heterocycles. The highest BCUT2D eigenvalue weighted by Gasteiger charge is 2.31. The number of alkyl halides is 2. The van der Waals surface area contributed by atoms with E-state index in [1.165, 1.54) is 12.1 Å². The summed E-state index contributed by atoms with van der Waals surface area (Å²) >= 11 is 0. The number of nitrogens with zero attached hydrogens (tertiary/aromatic N) is 1. The van der Waals surface area contributed by atoms with Crippen LogP contribution < -0.4 is 10.1 Å². The van der Waals surface area contributed by atoms with Crippen LogP contribution in [0.25, 0.3) is 0 Å². The van der Waals surface area contributed by atoms with Crippen molar-refractivity contribution in [3.63, 3.8) is 0 Å². The Kier molecular flexibility index (Phi) is 4.86. The number of carbonyl (C=O) groups excluding carboxylic acids is 1. The van der Waals surface area contributed by atoms with Crippen LogP contribution in [0.1, 0.15) is 11.7 Å². The van der Waals surface area contributed by atoms with E-state index in [9.17, 15) is 13.6 Å². The van der Waals surface area contributed by atoms with E-state index in [2.05, 4.69) is 10.1 Å². The molecule has 0 aromatic heterocycles. The minimum absolute atomic E-state index is 0.0139. The Morgan fingerprint density at radius 1 is 1.40 bits per heavy atom. The molecule has 1 aliphatic heterocycles. The van der Waals surface area contributed by atoms with Crippen molar-refractivity contribution in [2.75, 3.05) is 26.8 Å². The summed E-state index contributed by atoms with van der Waals surface area (Å²) in [6, 6.07) is 6.24. The van der Waals surface area contributed by atoms with Gasteiger partial charge in [-0.05, 0) is 17.7 Å². The predicted molar refractivity (Wildman–Crippen MR) is 67.4 cm³/mol. The molecule has 1 amide bonds. The Balaban J connectivity index is 2.07. The molecule has 0 spiro atoms. The quantitative estimate of drug-likeness (QED) is 0.858. The standard InChI is InChI=1S/C13H16F2N2O3/c1-19-7-6-17-11(18)8-16-12(17)9-2-4-10(5-3-9)20-13(14)15/h2-5,12-13,16H,6-8H2,1H3. The van der Waals surface area contributed by atoms with Gasteiger partial charge in [-0.25, -0.2) is 0 Å². The monoisotopic (exact) mass is 286 g/mol. The van der Waals surface area contributed by atoms with E-state index in [1.807, 2.05) is 0 Å². The van der Waals surface area contributed by atoms with E-state index in [0.717, 1.165) is 5.56 Å². The summed E-state index contributed by atoms with van der Waals surface area (Å²) in [7, 11) is 1.57. The number of halogens is 2. The predicted octanol–water partition coefficient (Wildman–Crippen LogP) is 1.36. The van der Waals surface area contributed by atoms with Gasteiger partial charge in [-0.1, -0.05) is 12.1 Å². The minimum Gasteiger partial charge on any atom is -0.435 e. The fourth-order valence-electron chi connectivity index (χ4n) is 2.11. The number of nitrogens with one attached hydrogen (secondary N) is 1. The molecular weight excluding hydrogens is 270 g/mol. The maximum atomic E-state index is 12.1. The summed E-state index contributed by atoms with van der Waals surface area (Å²) in [5, 5.41) is 3.07. The largest absolute Gasteiger partial charge is 0.435 e. The summed E-state index contributed by atoms with van der Waals surface area (Å²) in [4.78, 5) is 13.4. The van der Waals surface area contributed by atoms with Crippen molar-refractivity contribution in [1.29, 1.82) is 0 Å². The number of ether oxygens (including phenoxy) is 2. The third kappa shape index (κ3) is 3.43. The van der Waals surface area contributed by atoms with Crippen LogP contribution in [0.15, 0.2) is 24.3 Å². The molecule has 1 atom stereocenters. The van der Waals surface area contributed by atoms with Gasteiger partial charge in [0, 0.05) is 13.7 Å². The van der Waals surface area contributed by atoms with Crippen molar-refractivity contribution in [2.45, 2.75) is 12.8 Å². The molecule has 7 heteroatoms. The van der Waals surface area contributed by atoms with Gasteiger partial charge in [0.25, 0.3) is 0 Å². The van der Waals surface area contributed by atoms with Crippen LogP contribution in [-0.4, -0.2) is 44.2 Å². The average molecular weight is 286 g/mol. The molecule has 1 saturated heterocycles. The van der Waals surface area contributed by atoms with Gasteiger partial charge in [0.15, 0.2) is 0 Å². The molecule has 5 nitrogen and oxygen atoms in total. The fraction of sp³-hybridized carbons (Fsp3) is 0.462. The molecule has 1 fully saturated rings. The lowest BCUT2D eigenvalue weighted by Crippen LogP contribution is -2.33. The molecule has 1 aliphatic rings. The Bertz CT molecular complexity index is 453. The number of hydrogen-bond acceptors (Lipinski definition) is 4. The van der Waals surface area contributed by atoms with Crippen molar-refractivity contribution < 1.29 is 23.0 Å². The Morgan fingerprint density at radius 3 is 2.70 bits per heavy atom. The summed E-state index contributed by atoms with van der Waals surface area (Å²) in [6.07, 6.45) is -0.266. The minimum atomic E-state index is -2.84. The van der Waals surface area contributed by atoms with Gasteiger partial charge in [0.1, 0.15) is 11.9 Å². The van der Waals surface area contributed by atoms with Crippen LogP contribution in [0.5, 0.6) is 5.75 Å². The smallest absolute Gasteiger partial charge is 0.387 e. The van der Waals surface area contributed by atoms with Crippen LogP contribution in [-0.2, 0) is 9.53 Å². The molecule has 1 aromatic rings. The number of carbonyl (C=O) groups is 1. The fourth-order valence-corrected chi connectivity index (χ4v) is 2.11. The van der Waals surface area contributed by atoms with E-state index in [-0.39, 0.29) is 24.4 Å². The number of methoxy groups -OCH3 is 1. The van der Waals surface area contributed by atoms with Gasteiger partial charge in [0.2, 0.25) is 5.91 Å². The molecule has 1 unspecified atom stereocenters. The Morgan fingerprint density at radius 2 is 2.10 bits per heavy atom. The molecular formula is C13H16F2N2O3. The lowest BCUT2D eigenvalue weighted by molar-refractivity contribution is -0.128. The maximum absolute atomic E-state index is 12.1. The molecule has 0 radical (unpaired) electrons. The lowest BCUT2D eigenvalue weighted by Gasteiger charge is -2.24. The van der Waals surface area contributed by atoms with E-state index in [1.54, 1.807) is 24.1 Å². The first-order chi connectivity index (χ1) is 9.61. The van der Waals surface area contributed by atoms with E-state index < -0.39 is 6.61 Å². The SMILES string of the molecule is COCCN1C(=O)CNC1c1ccc(OC(F)F)cc1. The van der Waals surface area contributed by atoms with Crippen molar-refractivity contribution in [3.05, 3.63) is 29.8 Å². The summed E-state index contributed by atoms with van der Waals surface area (Å²) in [6.45, 7) is -1.67. The van der Waals surface area contributed by atoms with Gasteiger partial charge in [-0.15, -0.1) is 0 Å². The number of hydrogen-bond donors (Lipinski definition) is 1. The first-order valence-corrected chi connectivity index (χ1v) is 6.18. The Labute approximate surface area is 115 Å². The van der Waals surface area contributed by atoms with Crippen molar-refractivity contribution in [2.24, 2.45) is 0 Å². The zero-order valence-electron chi connectivity index (χ0n) is 11.0. The number of rotatable bonds is 6. The first kappa shape index (κ1) is 14.7. The van der Waals surface area contributed by atoms with Gasteiger partial charge in [0.05, 0.1) is 13.2 Å². The van der Waals surface area contributed by atoms with Crippen LogP contribution in [0.2, 0.25) is 0 Å². The zero-order chi connectivity index (χ0) is 14.5. The van der Waals surface area contributed by atoms with Crippen molar-refractivity contribution in [1.82, 2.24) is 10.2 Å². The second kappa shape index (κ2) is 6.62. The van der Waals surface area contributed by atoms with E-state index in [0.29, 0.717) is 13.2 Å². The normalized spacial score (nSPS) is 18.9. The van der Waals surface area contributed by atoms with Crippen LogP contribution in [0.4, 0.5) is 8.78 Å². The van der Waals surface area contributed by atoms with Gasteiger partial charge < -0.3 is 14.4 Å². The highest BCUT2D eigenvalue weighted by Crippen LogP contribution is 2.24. The highest BCUT2D eigenvalue weighted by molar-refractivity contribution is 5.80. The molecule has 0 bridgehead atoms. The molecule has 0 aliphatic carbocycles. The molecule has 2 rings (SSSR count). The highest BCUT2D eigenvalue weighted by atomic mass is 19.3. The Hall–Kier alpha value is -1.73. The van der Waals surface area contributed by atoms with E-state index in [4.69, 9.17) is 4.74 Å². The van der Waals surface area contributed by atoms with Crippen LogP contribution in [0, 0.1) is 0 Å². The first-order valence-electron chi connectivity index (χ1n) is 6.18. The summed E-state index contributed by atoms with van der Waals surface area (Å²) in [5.41, 5.74) is 0.813. The molecule has 20 heavy (non-hydrogen) atoms. The van der Waals surface area contributed by atoms with E-state index >= 15 is 0 Å². The second-order valence-corrected chi connectivity index (χ2v) is 4.31. The van der Waals surface area contributed by atoms with Gasteiger partial charge in [-0.2, -0.15) is 8.78 Å². The molecule has 1 aromatic carbocycles. The maximum Gasteiger partial charge on any atom is 0.387 e. The zero-order valence-corrected chi connectivity index (χ0v) is 11.0. The summed E-state index contributed by atoms with van der Waals surface area (Å²) in [5.74, 6) is 0.0801. The van der Waals surface area contributed by atoms with Crippen LogP contribution in [0.3, 0.4) is 0 Å². The van der Waals surface area contributed by atoms with Crippen molar-refractivity contribution in [3.8, 4) is 5.75 Å². The van der Waals surface area contributed by atoms with Crippen LogP contribution >= 0.6 is 0 Å². The van der Waals surface area contributed by atoms with Gasteiger partial charge in [-0.3, -0.25) is 10.1 Å². The lowest BCUT2D eigenvalue weighted by atomic mass is 10.1. The van der Waals surface area contributed by atoms with Gasteiger partial charge >= 0.3 is 6.61 Å². The molecule has 0 saturated carbocycles. The third-order valence-corrected chi connectivity index (χ3v) is 3.04. The third-order valence-electron chi connectivity index (χ3n) is 3.04. The second-order valence-electron chi connectivity index (χ2n) is 4.31. The number of amides is 1. The number of benzene rings is 1. The molecule has 110 valence electrons.